The van der Waals surface area contributed by atoms with Crippen molar-refractivity contribution in [3.63, 3.8) is 0 Å². The minimum absolute atomic E-state index is 0.00887. The van der Waals surface area contributed by atoms with E-state index in [0.717, 1.165) is 17.7 Å². The smallest absolute Gasteiger partial charge is 0.258 e. The molecule has 0 radical (unpaired) electrons. The molecular formula is C31H28N2O3. The Hall–Kier alpha value is -4.25. The highest BCUT2D eigenvalue weighted by Gasteiger charge is 2.36. The van der Waals surface area contributed by atoms with Crippen LogP contribution < -0.4 is 14.4 Å². The van der Waals surface area contributed by atoms with Crippen LogP contribution in [0.4, 0.5) is 5.69 Å². The molecule has 0 bridgehead atoms. The normalized spacial score (nSPS) is 17.2. The molecule has 2 heterocycles. The van der Waals surface area contributed by atoms with E-state index < -0.39 is 0 Å². The van der Waals surface area contributed by atoms with Crippen molar-refractivity contribution in [1.29, 1.82) is 0 Å². The minimum atomic E-state index is -0.0448. The van der Waals surface area contributed by atoms with Gasteiger partial charge in [-0.05, 0) is 55.3 Å². The van der Waals surface area contributed by atoms with Crippen molar-refractivity contribution in [2.45, 2.75) is 25.4 Å². The molecule has 0 spiro atoms. The third-order valence-electron chi connectivity index (χ3n) is 7.34. The Balaban J connectivity index is 1.49. The van der Waals surface area contributed by atoms with Gasteiger partial charge < -0.3 is 18.9 Å². The third-order valence-corrected chi connectivity index (χ3v) is 7.34. The van der Waals surface area contributed by atoms with Crippen LogP contribution in [0, 0.1) is 0 Å². The molecule has 1 aromatic heterocycles. The zero-order valence-corrected chi connectivity index (χ0v) is 20.6. The quantitative estimate of drug-likeness (QED) is 0.285. The summed E-state index contributed by atoms with van der Waals surface area (Å²) in [6.07, 6.45) is 0.804. The van der Waals surface area contributed by atoms with Gasteiger partial charge in [0.2, 0.25) is 0 Å². The molecule has 180 valence electrons. The van der Waals surface area contributed by atoms with Crippen molar-refractivity contribution in [2.24, 2.45) is 0 Å². The van der Waals surface area contributed by atoms with Gasteiger partial charge in [0.1, 0.15) is 0 Å². The first-order valence-corrected chi connectivity index (χ1v) is 12.2. The monoisotopic (exact) mass is 476 g/mol. The average molecular weight is 477 g/mol. The lowest BCUT2D eigenvalue weighted by Crippen LogP contribution is -2.44. The number of para-hydroxylation sites is 3. The highest BCUT2D eigenvalue weighted by Crippen LogP contribution is 2.44. The van der Waals surface area contributed by atoms with Crippen LogP contribution in [0.1, 0.15) is 35.3 Å². The molecule has 2 atom stereocenters. The van der Waals surface area contributed by atoms with Crippen molar-refractivity contribution >= 4 is 33.4 Å². The molecule has 4 aromatic carbocycles. The Morgan fingerprint density at radius 3 is 2.06 bits per heavy atom. The van der Waals surface area contributed by atoms with Crippen LogP contribution in [0.3, 0.4) is 0 Å². The van der Waals surface area contributed by atoms with E-state index >= 15 is 0 Å². The number of nitrogens with zero attached hydrogens (tertiary/aromatic N) is 2. The van der Waals surface area contributed by atoms with E-state index in [0.29, 0.717) is 17.1 Å². The summed E-state index contributed by atoms with van der Waals surface area (Å²) in [6, 6.07) is 30.9. The maximum Gasteiger partial charge on any atom is 0.258 e. The van der Waals surface area contributed by atoms with E-state index in [-0.39, 0.29) is 18.0 Å². The van der Waals surface area contributed by atoms with Crippen LogP contribution in [0.2, 0.25) is 0 Å². The number of benzene rings is 4. The Bertz CT molecular complexity index is 1550. The molecule has 0 aliphatic carbocycles. The summed E-state index contributed by atoms with van der Waals surface area (Å²) in [5, 5.41) is 2.50. The first-order chi connectivity index (χ1) is 17.6. The number of rotatable bonds is 4. The molecule has 36 heavy (non-hydrogen) atoms. The number of aromatic nitrogens is 1. The zero-order chi connectivity index (χ0) is 24.8. The maximum absolute atomic E-state index is 13.9. The van der Waals surface area contributed by atoms with E-state index in [1.54, 1.807) is 32.4 Å². The van der Waals surface area contributed by atoms with Crippen molar-refractivity contribution in [3.8, 4) is 11.5 Å². The van der Waals surface area contributed by atoms with Gasteiger partial charge in [-0.1, -0.05) is 54.6 Å². The van der Waals surface area contributed by atoms with Crippen LogP contribution >= 0.6 is 0 Å². The van der Waals surface area contributed by atoms with Gasteiger partial charge in [0.15, 0.2) is 11.5 Å². The lowest BCUT2D eigenvalue weighted by atomic mass is 9.90. The van der Waals surface area contributed by atoms with Gasteiger partial charge >= 0.3 is 0 Å². The lowest BCUT2D eigenvalue weighted by Gasteiger charge is -2.40. The van der Waals surface area contributed by atoms with Crippen LogP contribution in [0.25, 0.3) is 21.8 Å². The Labute approximate surface area is 210 Å². The first-order valence-electron chi connectivity index (χ1n) is 12.2. The second-order valence-electron chi connectivity index (χ2n) is 9.31. The van der Waals surface area contributed by atoms with Gasteiger partial charge in [0, 0.05) is 39.1 Å². The fraction of sp³-hybridized carbons (Fsp3) is 0.194. The number of ether oxygens (including phenoxy) is 2. The highest BCUT2D eigenvalue weighted by atomic mass is 16.5. The topological polar surface area (TPSA) is 43.7 Å². The first kappa shape index (κ1) is 22.2. The highest BCUT2D eigenvalue weighted by molar-refractivity contribution is 6.09. The summed E-state index contributed by atoms with van der Waals surface area (Å²) < 4.78 is 13.3. The van der Waals surface area contributed by atoms with Crippen molar-refractivity contribution in [3.05, 3.63) is 102 Å². The standard InChI is InChI=1S/C31H28N2O3/c1-20-18-28(33-25-13-7-4-10-22(25)23-11-5-8-14-26(23)33)24-12-6-9-15-27(24)32(20)31(34)21-16-17-29(35-2)30(19-21)36-3/h4-17,19-20,28H,18H2,1-3H3/t20-,28+/m0/s1. The summed E-state index contributed by atoms with van der Waals surface area (Å²) in [5.74, 6) is 1.11. The fourth-order valence-electron chi connectivity index (χ4n) is 5.73. The number of fused-ring (bicyclic) bond motifs is 4. The number of methoxy groups -OCH3 is 2. The lowest BCUT2D eigenvalue weighted by molar-refractivity contribution is 0.0972. The van der Waals surface area contributed by atoms with Gasteiger partial charge in [-0.2, -0.15) is 0 Å². The molecule has 0 saturated carbocycles. The van der Waals surface area contributed by atoms with Crippen molar-refractivity contribution < 1.29 is 14.3 Å². The maximum atomic E-state index is 13.9. The molecule has 0 saturated heterocycles. The van der Waals surface area contributed by atoms with Gasteiger partial charge in [-0.25, -0.2) is 0 Å². The second-order valence-corrected chi connectivity index (χ2v) is 9.31. The minimum Gasteiger partial charge on any atom is -0.493 e. The number of hydrogen-bond donors (Lipinski definition) is 0. The van der Waals surface area contributed by atoms with E-state index in [4.69, 9.17) is 9.47 Å². The SMILES string of the molecule is COc1ccc(C(=O)N2c3ccccc3[C@H](n3c4ccccc4c4ccccc43)C[C@@H]2C)cc1OC. The molecule has 1 amide bonds. The molecule has 5 nitrogen and oxygen atoms in total. The number of anilines is 1. The van der Waals surface area contributed by atoms with Crippen LogP contribution in [-0.2, 0) is 0 Å². The molecule has 6 rings (SSSR count). The molecule has 0 unspecified atom stereocenters. The molecule has 5 heteroatoms. The zero-order valence-electron chi connectivity index (χ0n) is 20.6. The van der Waals surface area contributed by atoms with Crippen molar-refractivity contribution in [1.82, 2.24) is 4.57 Å². The number of carbonyl (C=O) groups excluding carboxylic acids is 1. The summed E-state index contributed by atoms with van der Waals surface area (Å²) >= 11 is 0. The van der Waals surface area contributed by atoms with Gasteiger partial charge in [-0.3, -0.25) is 4.79 Å². The Morgan fingerprint density at radius 2 is 1.39 bits per heavy atom. The van der Waals surface area contributed by atoms with Crippen LogP contribution in [0.5, 0.6) is 11.5 Å². The second kappa shape index (κ2) is 8.76. The van der Waals surface area contributed by atoms with Crippen LogP contribution in [-0.4, -0.2) is 30.7 Å². The summed E-state index contributed by atoms with van der Waals surface area (Å²) in [7, 11) is 3.18. The van der Waals surface area contributed by atoms with Gasteiger partial charge in [0.25, 0.3) is 5.91 Å². The number of hydrogen-bond acceptors (Lipinski definition) is 3. The number of carbonyl (C=O) groups is 1. The Kier molecular flexibility index (Phi) is 5.41. The Morgan fingerprint density at radius 1 is 0.778 bits per heavy atom. The molecule has 0 N–H and O–H groups in total. The third kappa shape index (κ3) is 3.34. The summed E-state index contributed by atoms with van der Waals surface area (Å²) in [4.78, 5) is 15.8. The van der Waals surface area contributed by atoms with Crippen LogP contribution in [0.15, 0.2) is 91.0 Å². The van der Waals surface area contributed by atoms with E-state index in [2.05, 4.69) is 78.2 Å². The van der Waals surface area contributed by atoms with E-state index in [1.165, 1.54) is 21.8 Å². The predicted octanol–water partition coefficient (Wildman–Crippen LogP) is 6.84. The largest absolute Gasteiger partial charge is 0.493 e. The molecule has 5 aromatic rings. The summed E-state index contributed by atoms with van der Waals surface area (Å²) in [6.45, 7) is 2.13. The van der Waals surface area contributed by atoms with Gasteiger partial charge in [0.05, 0.1) is 20.3 Å². The number of amides is 1. The van der Waals surface area contributed by atoms with E-state index in [1.807, 2.05) is 11.0 Å². The van der Waals surface area contributed by atoms with Gasteiger partial charge in [-0.15, -0.1) is 0 Å². The molecule has 1 aliphatic heterocycles. The molecule has 0 fully saturated rings. The molecular weight excluding hydrogens is 448 g/mol. The predicted molar refractivity (Wildman–Crippen MR) is 144 cm³/mol. The molecule has 1 aliphatic rings. The van der Waals surface area contributed by atoms with E-state index in [9.17, 15) is 4.79 Å². The summed E-state index contributed by atoms with van der Waals surface area (Å²) in [5.41, 5.74) is 5.10. The van der Waals surface area contributed by atoms with Crippen molar-refractivity contribution in [2.75, 3.05) is 19.1 Å². The average Bonchev–Trinajstić information content (AvgIpc) is 3.26. The fourth-order valence-corrected chi connectivity index (χ4v) is 5.73.